The molecule has 3 nitrogen and oxygen atoms in total. The first kappa shape index (κ1) is 15.1. The first-order valence-electron chi connectivity index (χ1n) is 6.76. The molecule has 108 valence electrons. The van der Waals surface area contributed by atoms with Crippen LogP contribution in [0, 0.1) is 6.92 Å². The molecule has 0 amide bonds. The van der Waals surface area contributed by atoms with Crippen LogP contribution in [0.1, 0.15) is 11.3 Å². The van der Waals surface area contributed by atoms with Gasteiger partial charge >= 0.3 is 0 Å². The summed E-state index contributed by atoms with van der Waals surface area (Å²) in [6, 6.07) is 10.7. The summed E-state index contributed by atoms with van der Waals surface area (Å²) in [5.74, 6) is 1.03. The third-order valence-electron chi connectivity index (χ3n) is 3.52. The van der Waals surface area contributed by atoms with Crippen molar-refractivity contribution in [2.45, 2.75) is 13.5 Å². The number of nitrogens with zero attached hydrogens (tertiary/aromatic N) is 1. The van der Waals surface area contributed by atoms with Gasteiger partial charge in [-0.3, -0.25) is 4.90 Å². The molecule has 2 aromatic rings. The van der Waals surface area contributed by atoms with Gasteiger partial charge < -0.3 is 9.15 Å². The third kappa shape index (κ3) is 3.63. The fraction of sp³-hybridized carbons (Fsp3) is 0.375. The van der Waals surface area contributed by atoms with Gasteiger partial charge in [0.25, 0.3) is 0 Å². The van der Waals surface area contributed by atoms with Crippen LogP contribution in [0.25, 0.3) is 11.1 Å². The number of hydrogen-bond acceptors (Lipinski definition) is 3. The molecule has 20 heavy (non-hydrogen) atoms. The molecule has 0 atom stereocenters. The number of ether oxygens (including phenoxy) is 1. The van der Waals surface area contributed by atoms with Crippen molar-refractivity contribution in [3.05, 3.63) is 47.9 Å². The summed E-state index contributed by atoms with van der Waals surface area (Å²) in [6.45, 7) is 6.59. The molecule has 0 aliphatic carbocycles. The molecule has 3 rings (SSSR count). The Morgan fingerprint density at radius 3 is 2.45 bits per heavy atom. The van der Waals surface area contributed by atoms with Crippen molar-refractivity contribution in [1.82, 2.24) is 4.90 Å². The molecule has 1 aliphatic heterocycles. The average molecular weight is 294 g/mol. The van der Waals surface area contributed by atoms with E-state index in [2.05, 4.69) is 42.2 Å². The molecule has 0 saturated carbocycles. The molecular formula is C16H20ClNO2. The van der Waals surface area contributed by atoms with Crippen LogP contribution < -0.4 is 0 Å². The molecule has 1 aliphatic rings. The summed E-state index contributed by atoms with van der Waals surface area (Å²) in [4.78, 5) is 2.36. The van der Waals surface area contributed by atoms with Crippen molar-refractivity contribution >= 4 is 12.4 Å². The number of halogens is 1. The van der Waals surface area contributed by atoms with Crippen LogP contribution in [-0.4, -0.2) is 31.2 Å². The SMILES string of the molecule is Cc1ccc(-c2coc(CN3CCOCC3)c2)cc1.Cl. The standard InChI is InChI=1S/C16H19NO2.ClH/c1-13-2-4-14(5-3-13)15-10-16(19-12-15)11-17-6-8-18-9-7-17;/h2-5,10,12H,6-9,11H2,1H3;1H. The van der Waals surface area contributed by atoms with Crippen molar-refractivity contribution < 1.29 is 9.15 Å². The zero-order chi connectivity index (χ0) is 13.1. The maximum absolute atomic E-state index is 5.67. The second-order valence-electron chi connectivity index (χ2n) is 5.06. The number of benzene rings is 1. The highest BCUT2D eigenvalue weighted by molar-refractivity contribution is 5.85. The number of rotatable bonds is 3. The Morgan fingerprint density at radius 1 is 1.05 bits per heavy atom. The molecule has 4 heteroatoms. The summed E-state index contributed by atoms with van der Waals surface area (Å²) in [5.41, 5.74) is 3.65. The van der Waals surface area contributed by atoms with E-state index in [9.17, 15) is 0 Å². The van der Waals surface area contributed by atoms with Gasteiger partial charge in [0.2, 0.25) is 0 Å². The summed E-state index contributed by atoms with van der Waals surface area (Å²) >= 11 is 0. The number of furan rings is 1. The Labute approximate surface area is 125 Å². The lowest BCUT2D eigenvalue weighted by atomic mass is 10.1. The minimum atomic E-state index is 0. The van der Waals surface area contributed by atoms with E-state index in [1.54, 1.807) is 0 Å². The Hall–Kier alpha value is -1.29. The Morgan fingerprint density at radius 2 is 1.75 bits per heavy atom. The lowest BCUT2D eigenvalue weighted by molar-refractivity contribution is 0.0313. The van der Waals surface area contributed by atoms with Gasteiger partial charge in [-0.1, -0.05) is 29.8 Å². The maximum atomic E-state index is 5.67. The van der Waals surface area contributed by atoms with Gasteiger partial charge in [0.15, 0.2) is 0 Å². The van der Waals surface area contributed by atoms with Crippen LogP contribution in [0.15, 0.2) is 41.0 Å². The second-order valence-corrected chi connectivity index (χ2v) is 5.06. The van der Waals surface area contributed by atoms with E-state index in [1.807, 2.05) is 6.26 Å². The molecule has 0 radical (unpaired) electrons. The topological polar surface area (TPSA) is 25.6 Å². The van der Waals surface area contributed by atoms with Crippen molar-refractivity contribution in [1.29, 1.82) is 0 Å². The Balaban J connectivity index is 0.00000147. The first-order chi connectivity index (χ1) is 9.31. The van der Waals surface area contributed by atoms with Gasteiger partial charge in [-0.15, -0.1) is 12.4 Å². The predicted molar refractivity (Wildman–Crippen MR) is 82.2 cm³/mol. The zero-order valence-electron chi connectivity index (χ0n) is 11.7. The van der Waals surface area contributed by atoms with Crippen molar-refractivity contribution in [3.63, 3.8) is 0 Å². The first-order valence-corrected chi connectivity index (χ1v) is 6.76. The molecule has 2 heterocycles. The van der Waals surface area contributed by atoms with Crippen molar-refractivity contribution in [3.8, 4) is 11.1 Å². The van der Waals surface area contributed by atoms with Gasteiger partial charge in [0.1, 0.15) is 5.76 Å². The van der Waals surface area contributed by atoms with Gasteiger partial charge in [-0.25, -0.2) is 0 Å². The van der Waals surface area contributed by atoms with Crippen molar-refractivity contribution in [2.24, 2.45) is 0 Å². The normalized spacial score (nSPS) is 15.8. The predicted octanol–water partition coefficient (Wildman–Crippen LogP) is 3.51. The van der Waals surface area contributed by atoms with E-state index in [0.29, 0.717) is 0 Å². The van der Waals surface area contributed by atoms with Gasteiger partial charge in [0, 0.05) is 18.7 Å². The molecule has 0 unspecified atom stereocenters. The fourth-order valence-electron chi connectivity index (χ4n) is 2.34. The highest BCUT2D eigenvalue weighted by atomic mass is 35.5. The van der Waals surface area contributed by atoms with Gasteiger partial charge in [-0.2, -0.15) is 0 Å². The minimum absolute atomic E-state index is 0. The van der Waals surface area contributed by atoms with Crippen LogP contribution in [0.5, 0.6) is 0 Å². The molecule has 0 spiro atoms. The number of morpholine rings is 1. The molecule has 1 fully saturated rings. The number of hydrogen-bond donors (Lipinski definition) is 0. The van der Waals surface area contributed by atoms with Crippen LogP contribution in [0.4, 0.5) is 0 Å². The highest BCUT2D eigenvalue weighted by Crippen LogP contribution is 2.23. The Kier molecular flexibility index (Phi) is 5.24. The van der Waals surface area contributed by atoms with E-state index >= 15 is 0 Å². The second kappa shape index (κ2) is 6.93. The molecule has 1 aromatic carbocycles. The van der Waals surface area contributed by atoms with Crippen molar-refractivity contribution in [2.75, 3.05) is 26.3 Å². The lowest BCUT2D eigenvalue weighted by Gasteiger charge is -2.25. The summed E-state index contributed by atoms with van der Waals surface area (Å²) in [7, 11) is 0. The molecular weight excluding hydrogens is 274 g/mol. The largest absolute Gasteiger partial charge is 0.467 e. The van der Waals surface area contributed by atoms with Crippen LogP contribution in [0.2, 0.25) is 0 Å². The van der Waals surface area contributed by atoms with E-state index in [-0.39, 0.29) is 12.4 Å². The molecule has 0 bridgehead atoms. The highest BCUT2D eigenvalue weighted by Gasteiger charge is 2.13. The summed E-state index contributed by atoms with van der Waals surface area (Å²) in [5, 5.41) is 0. The van der Waals surface area contributed by atoms with E-state index in [4.69, 9.17) is 9.15 Å². The average Bonchev–Trinajstić information content (AvgIpc) is 2.89. The van der Waals surface area contributed by atoms with Gasteiger partial charge in [-0.05, 0) is 18.6 Å². The van der Waals surface area contributed by atoms with Crippen LogP contribution in [0.3, 0.4) is 0 Å². The summed E-state index contributed by atoms with van der Waals surface area (Å²) < 4.78 is 11.0. The Bertz CT molecular complexity index is 530. The lowest BCUT2D eigenvalue weighted by Crippen LogP contribution is -2.35. The van der Waals surface area contributed by atoms with Gasteiger partial charge in [0.05, 0.1) is 26.0 Å². The molecule has 1 saturated heterocycles. The molecule has 1 aromatic heterocycles. The summed E-state index contributed by atoms with van der Waals surface area (Å²) in [6.07, 6.45) is 1.85. The monoisotopic (exact) mass is 293 g/mol. The maximum Gasteiger partial charge on any atom is 0.118 e. The van der Waals surface area contributed by atoms with E-state index < -0.39 is 0 Å². The van der Waals surface area contributed by atoms with E-state index in [0.717, 1.165) is 44.2 Å². The van der Waals surface area contributed by atoms with Crippen LogP contribution >= 0.6 is 12.4 Å². The number of aryl methyl sites for hydroxylation is 1. The van der Waals surface area contributed by atoms with E-state index in [1.165, 1.54) is 11.1 Å². The molecule has 0 N–H and O–H groups in total. The quantitative estimate of drug-likeness (QED) is 0.866. The smallest absolute Gasteiger partial charge is 0.118 e. The van der Waals surface area contributed by atoms with Crippen LogP contribution in [-0.2, 0) is 11.3 Å². The minimum Gasteiger partial charge on any atom is -0.467 e. The third-order valence-corrected chi connectivity index (χ3v) is 3.52. The fourth-order valence-corrected chi connectivity index (χ4v) is 2.34. The zero-order valence-corrected chi connectivity index (χ0v) is 12.5.